The molecule has 4 heterocycles. The van der Waals surface area contributed by atoms with E-state index in [0.717, 1.165) is 16.3 Å². The number of pyridine rings is 2. The Labute approximate surface area is 212 Å². The van der Waals surface area contributed by atoms with Gasteiger partial charge in [-0.3, -0.25) is 24.2 Å². The molecular weight excluding hydrogens is 484 g/mol. The van der Waals surface area contributed by atoms with Crippen molar-refractivity contribution in [3.8, 4) is 0 Å². The maximum absolute atomic E-state index is 11.7. The van der Waals surface area contributed by atoms with E-state index in [4.69, 9.17) is 0 Å². The highest BCUT2D eigenvalue weighted by Crippen LogP contribution is 2.29. The van der Waals surface area contributed by atoms with Gasteiger partial charge in [0.2, 0.25) is 29.1 Å². The predicted octanol–water partition coefficient (Wildman–Crippen LogP) is -0.625. The Kier molecular flexibility index (Phi) is 8.08. The second-order valence-electron chi connectivity index (χ2n) is 8.01. The lowest BCUT2D eigenvalue weighted by Crippen LogP contribution is -3.00. The number of rotatable bonds is 2. The fraction of sp³-hybridized carbons (Fsp3) is 0.154. The van der Waals surface area contributed by atoms with E-state index in [-0.39, 0.29) is 41.5 Å². The Balaban J connectivity index is 0.000000190. The van der Waals surface area contributed by atoms with E-state index >= 15 is 0 Å². The summed E-state index contributed by atoms with van der Waals surface area (Å²) in [4.78, 5) is 56.7. The minimum atomic E-state index is -0.145. The van der Waals surface area contributed by atoms with E-state index in [0.29, 0.717) is 42.6 Å². The molecule has 0 unspecified atom stereocenters. The van der Waals surface area contributed by atoms with Crippen LogP contribution in [0.4, 0.5) is 11.4 Å². The molecule has 0 atom stereocenters. The molecule has 0 radical (unpaired) electrons. The summed E-state index contributed by atoms with van der Waals surface area (Å²) in [5.74, 6) is -0.541. The summed E-state index contributed by atoms with van der Waals surface area (Å²) in [6, 6.07) is 18.7. The molecule has 2 fully saturated rings. The zero-order chi connectivity index (χ0) is 23.7. The lowest BCUT2D eigenvalue weighted by Gasteiger charge is -2.15. The van der Waals surface area contributed by atoms with E-state index in [1.807, 2.05) is 48.5 Å². The van der Waals surface area contributed by atoms with Crippen molar-refractivity contribution in [3.63, 3.8) is 0 Å². The molecule has 4 aromatic rings. The first-order valence-corrected chi connectivity index (χ1v) is 11.0. The Morgan fingerprint density at radius 2 is 1.14 bits per heavy atom. The Morgan fingerprint density at radius 1 is 0.639 bits per heavy atom. The molecule has 3 N–H and O–H groups in total. The molecule has 36 heavy (non-hydrogen) atoms. The standard InChI is InChI=1S/2C13H10N2O2.ClH.H2O/c2*16-11-6-7-12(17)15(11)10-5-1-3-9-4-2-8-14-13(9)10;;/h2*1-5,8H,6-7H2;1H;1H2. The van der Waals surface area contributed by atoms with Crippen molar-refractivity contribution in [2.75, 3.05) is 9.80 Å². The molecule has 2 aromatic heterocycles. The number of halogens is 1. The smallest absolute Gasteiger partial charge is 0.235 e. The second kappa shape index (κ2) is 11.0. The highest BCUT2D eigenvalue weighted by Gasteiger charge is 2.33. The number of anilines is 2. The fourth-order valence-corrected chi connectivity index (χ4v) is 4.28. The Morgan fingerprint density at radius 3 is 1.78 bits per heavy atom. The summed E-state index contributed by atoms with van der Waals surface area (Å²) >= 11 is 0. The van der Waals surface area contributed by atoms with Gasteiger partial charge in [0.05, 0.1) is 11.2 Å². The zero-order valence-electron chi connectivity index (χ0n) is 19.1. The van der Waals surface area contributed by atoms with Gasteiger partial charge in [0.25, 0.3) is 0 Å². The quantitative estimate of drug-likeness (QED) is 0.334. The van der Waals surface area contributed by atoms with Crippen LogP contribution in [0.1, 0.15) is 25.7 Å². The number of imide groups is 2. The average Bonchev–Trinajstić information content (AvgIpc) is 3.38. The number of hydrogen-bond acceptors (Lipinski definition) is 5. The van der Waals surface area contributed by atoms with Gasteiger partial charge in [-0.2, -0.15) is 0 Å². The maximum atomic E-state index is 11.7. The molecule has 0 spiro atoms. The second-order valence-corrected chi connectivity index (χ2v) is 8.01. The molecule has 10 heteroatoms. The number of H-pyrrole nitrogens is 1. The molecule has 0 bridgehead atoms. The molecule has 6 rings (SSSR count). The number of aromatic nitrogens is 2. The van der Waals surface area contributed by atoms with Crippen LogP contribution in [0.3, 0.4) is 0 Å². The van der Waals surface area contributed by atoms with Crippen molar-refractivity contribution in [1.82, 2.24) is 4.98 Å². The molecule has 9 nitrogen and oxygen atoms in total. The average molecular weight is 507 g/mol. The highest BCUT2D eigenvalue weighted by molar-refractivity contribution is 6.23. The first-order valence-electron chi connectivity index (χ1n) is 11.0. The van der Waals surface area contributed by atoms with Crippen LogP contribution in [-0.4, -0.2) is 34.1 Å². The Hall–Kier alpha value is -4.21. The van der Waals surface area contributed by atoms with Crippen LogP contribution >= 0.6 is 0 Å². The summed E-state index contributed by atoms with van der Waals surface area (Å²) in [6.07, 6.45) is 4.65. The first kappa shape index (κ1) is 26.4. The number of benzene rings is 2. The first-order chi connectivity index (χ1) is 16.5. The molecule has 2 saturated heterocycles. The molecule has 4 amide bonds. The Bertz CT molecular complexity index is 1320. The minimum Gasteiger partial charge on any atom is -1.00 e. The SMILES string of the molecule is O.O=C1CCC(=O)N1c1cccc2ccc[nH+]c12.O=C1CCC(=O)N1c1cccc2cccnc12.[Cl-]. The van der Waals surface area contributed by atoms with Crippen LogP contribution in [0, 0.1) is 0 Å². The van der Waals surface area contributed by atoms with Crippen LogP contribution in [0.25, 0.3) is 21.8 Å². The van der Waals surface area contributed by atoms with Crippen LogP contribution in [0.5, 0.6) is 0 Å². The van der Waals surface area contributed by atoms with Crippen molar-refractivity contribution < 1.29 is 42.0 Å². The van der Waals surface area contributed by atoms with Crippen molar-refractivity contribution in [1.29, 1.82) is 0 Å². The van der Waals surface area contributed by atoms with E-state index in [9.17, 15) is 19.2 Å². The largest absolute Gasteiger partial charge is 1.00 e. The van der Waals surface area contributed by atoms with Crippen LogP contribution in [-0.2, 0) is 19.2 Å². The molecule has 0 saturated carbocycles. The van der Waals surface area contributed by atoms with Gasteiger partial charge in [-0.1, -0.05) is 24.3 Å². The summed E-state index contributed by atoms with van der Waals surface area (Å²) in [5.41, 5.74) is 2.75. The highest BCUT2D eigenvalue weighted by atomic mass is 35.5. The maximum Gasteiger partial charge on any atom is 0.235 e. The number of aromatic amines is 1. The third kappa shape index (κ3) is 4.79. The van der Waals surface area contributed by atoms with E-state index in [1.54, 1.807) is 24.5 Å². The summed E-state index contributed by atoms with van der Waals surface area (Å²) in [7, 11) is 0. The number of fused-ring (bicyclic) bond motifs is 2. The third-order valence-corrected chi connectivity index (χ3v) is 5.87. The van der Waals surface area contributed by atoms with Crippen molar-refractivity contribution >= 4 is 56.8 Å². The van der Waals surface area contributed by atoms with Gasteiger partial charge in [0.15, 0.2) is 6.20 Å². The van der Waals surface area contributed by atoms with Crippen LogP contribution in [0.15, 0.2) is 73.1 Å². The number of nitrogens with one attached hydrogen (secondary N) is 1. The molecule has 0 aliphatic carbocycles. The number of para-hydroxylation sites is 2. The van der Waals surface area contributed by atoms with Gasteiger partial charge >= 0.3 is 0 Å². The summed E-state index contributed by atoms with van der Waals surface area (Å²) < 4.78 is 0. The monoisotopic (exact) mass is 506 g/mol. The van der Waals surface area contributed by atoms with Gasteiger partial charge < -0.3 is 17.9 Å². The summed E-state index contributed by atoms with van der Waals surface area (Å²) in [5, 5.41) is 1.91. The van der Waals surface area contributed by atoms with Crippen molar-refractivity contribution in [3.05, 3.63) is 73.1 Å². The van der Waals surface area contributed by atoms with Crippen molar-refractivity contribution in [2.24, 2.45) is 0 Å². The van der Waals surface area contributed by atoms with E-state index in [1.165, 1.54) is 9.80 Å². The number of amides is 4. The summed E-state index contributed by atoms with van der Waals surface area (Å²) in [6.45, 7) is 0. The number of hydrogen-bond donors (Lipinski definition) is 0. The topological polar surface area (TPSA) is 133 Å². The van der Waals surface area contributed by atoms with Gasteiger partial charge in [0, 0.05) is 48.7 Å². The number of carbonyl (C=O) groups excluding carboxylic acids is 4. The minimum absolute atomic E-state index is 0. The van der Waals surface area contributed by atoms with Crippen LogP contribution in [0.2, 0.25) is 0 Å². The normalized spacial score (nSPS) is 15.0. The van der Waals surface area contributed by atoms with Gasteiger partial charge in [-0.15, -0.1) is 0 Å². The molecule has 184 valence electrons. The van der Waals surface area contributed by atoms with Gasteiger partial charge in [-0.05, 0) is 30.3 Å². The molecule has 2 aliphatic rings. The van der Waals surface area contributed by atoms with E-state index in [2.05, 4.69) is 9.97 Å². The molecule has 2 aliphatic heterocycles. The van der Waals surface area contributed by atoms with Gasteiger partial charge in [0.1, 0.15) is 5.69 Å². The molecule has 2 aromatic carbocycles. The zero-order valence-corrected chi connectivity index (χ0v) is 19.9. The van der Waals surface area contributed by atoms with Gasteiger partial charge in [-0.25, -0.2) is 14.8 Å². The number of carbonyl (C=O) groups is 4. The van der Waals surface area contributed by atoms with Crippen LogP contribution < -0.4 is 27.2 Å². The molecular formula is C26H23ClN4O5. The van der Waals surface area contributed by atoms with E-state index < -0.39 is 0 Å². The lowest BCUT2D eigenvalue weighted by atomic mass is 10.2. The van der Waals surface area contributed by atoms with Crippen molar-refractivity contribution in [2.45, 2.75) is 25.7 Å². The predicted molar refractivity (Wildman–Crippen MR) is 129 cm³/mol. The lowest BCUT2D eigenvalue weighted by molar-refractivity contribution is -0.344. The number of nitrogens with zero attached hydrogens (tertiary/aromatic N) is 3. The third-order valence-electron chi connectivity index (χ3n) is 5.87. The fourth-order valence-electron chi connectivity index (χ4n) is 4.28.